The molecule has 3 rings (SSSR count). The molecule has 2 nitrogen and oxygen atoms in total. The van der Waals surface area contributed by atoms with E-state index in [0.717, 1.165) is 37.8 Å². The number of ketones is 1. The van der Waals surface area contributed by atoms with Crippen LogP contribution in [0.15, 0.2) is 48.8 Å². The molecule has 0 radical (unpaired) electrons. The molecule has 0 atom stereocenters. The van der Waals surface area contributed by atoms with Crippen molar-refractivity contribution in [3.8, 4) is 0 Å². The number of hydrogen-bond donors (Lipinski definition) is 0. The summed E-state index contributed by atoms with van der Waals surface area (Å²) in [5, 5.41) is 0. The monoisotopic (exact) mass is 267 g/mol. The standard InChI is InChI=1S/C18H21NO/c20-18(16-9-10-16)17-11-13-19(14-17)12-5-4-8-15-6-2-1-3-7-15/h1-3,6-7,11,13-14,16H,4-5,8-10,12H2. The van der Waals surface area contributed by atoms with Gasteiger partial charge in [-0.15, -0.1) is 0 Å². The average molecular weight is 267 g/mol. The van der Waals surface area contributed by atoms with Gasteiger partial charge in [-0.05, 0) is 43.7 Å². The highest BCUT2D eigenvalue weighted by molar-refractivity contribution is 5.99. The number of rotatable bonds is 7. The van der Waals surface area contributed by atoms with Crippen molar-refractivity contribution in [1.82, 2.24) is 4.57 Å². The highest BCUT2D eigenvalue weighted by atomic mass is 16.1. The number of Topliss-reactive ketones (excluding diaryl/α,β-unsaturated/α-hetero) is 1. The van der Waals surface area contributed by atoms with Gasteiger partial charge in [-0.2, -0.15) is 0 Å². The molecule has 0 amide bonds. The summed E-state index contributed by atoms with van der Waals surface area (Å²) in [7, 11) is 0. The van der Waals surface area contributed by atoms with Crippen molar-refractivity contribution < 1.29 is 4.79 Å². The van der Waals surface area contributed by atoms with E-state index in [4.69, 9.17) is 0 Å². The van der Waals surface area contributed by atoms with Crippen molar-refractivity contribution in [3.63, 3.8) is 0 Å². The maximum atomic E-state index is 11.9. The van der Waals surface area contributed by atoms with E-state index in [-0.39, 0.29) is 0 Å². The first-order valence-electron chi connectivity index (χ1n) is 7.57. The van der Waals surface area contributed by atoms with E-state index in [9.17, 15) is 4.79 Å². The minimum atomic E-state index is 0.323. The Bertz CT molecular complexity index is 566. The smallest absolute Gasteiger partial charge is 0.167 e. The number of benzene rings is 1. The molecule has 1 aromatic heterocycles. The molecule has 1 aliphatic rings. The lowest BCUT2D eigenvalue weighted by atomic mass is 10.1. The zero-order valence-electron chi connectivity index (χ0n) is 11.8. The summed E-state index contributed by atoms with van der Waals surface area (Å²) in [6, 6.07) is 12.6. The van der Waals surface area contributed by atoms with Crippen LogP contribution in [0, 0.1) is 5.92 Å². The molecule has 1 aromatic carbocycles. The molecule has 0 spiro atoms. The Balaban J connectivity index is 1.43. The molecule has 1 aliphatic carbocycles. The van der Waals surface area contributed by atoms with Crippen LogP contribution < -0.4 is 0 Å². The molecule has 0 aliphatic heterocycles. The molecule has 1 heterocycles. The largest absolute Gasteiger partial charge is 0.354 e. The number of aromatic nitrogens is 1. The first-order valence-corrected chi connectivity index (χ1v) is 7.57. The van der Waals surface area contributed by atoms with Gasteiger partial charge in [-0.25, -0.2) is 0 Å². The van der Waals surface area contributed by atoms with Crippen LogP contribution >= 0.6 is 0 Å². The lowest BCUT2D eigenvalue weighted by Crippen LogP contribution is -2.00. The predicted molar refractivity (Wildman–Crippen MR) is 80.9 cm³/mol. The fourth-order valence-electron chi connectivity index (χ4n) is 2.57. The molecular formula is C18H21NO. The van der Waals surface area contributed by atoms with E-state index in [1.165, 1.54) is 12.0 Å². The summed E-state index contributed by atoms with van der Waals surface area (Å²) in [5.41, 5.74) is 2.31. The minimum absolute atomic E-state index is 0.323. The van der Waals surface area contributed by atoms with Crippen LogP contribution in [0.1, 0.15) is 41.6 Å². The molecular weight excluding hydrogens is 246 g/mol. The van der Waals surface area contributed by atoms with Crippen LogP contribution in [0.2, 0.25) is 0 Å². The summed E-state index contributed by atoms with van der Waals surface area (Å²) >= 11 is 0. The zero-order valence-corrected chi connectivity index (χ0v) is 11.8. The lowest BCUT2D eigenvalue weighted by molar-refractivity contribution is 0.0967. The Labute approximate surface area is 120 Å². The number of nitrogens with zero attached hydrogens (tertiary/aromatic N) is 1. The SMILES string of the molecule is O=C(c1ccn(CCCCc2ccccc2)c1)C1CC1. The number of aryl methyl sites for hydroxylation is 2. The van der Waals surface area contributed by atoms with Crippen molar-refractivity contribution in [2.24, 2.45) is 5.92 Å². The van der Waals surface area contributed by atoms with Gasteiger partial charge >= 0.3 is 0 Å². The van der Waals surface area contributed by atoms with E-state index in [2.05, 4.69) is 34.9 Å². The van der Waals surface area contributed by atoms with Gasteiger partial charge in [0.05, 0.1) is 0 Å². The Morgan fingerprint density at radius 3 is 2.65 bits per heavy atom. The highest BCUT2D eigenvalue weighted by Crippen LogP contribution is 2.32. The van der Waals surface area contributed by atoms with Crippen molar-refractivity contribution >= 4 is 5.78 Å². The third-order valence-electron chi connectivity index (χ3n) is 3.96. The quantitative estimate of drug-likeness (QED) is 0.546. The van der Waals surface area contributed by atoms with Gasteiger partial charge in [-0.3, -0.25) is 4.79 Å². The van der Waals surface area contributed by atoms with E-state index in [1.54, 1.807) is 0 Å². The Morgan fingerprint density at radius 1 is 1.10 bits per heavy atom. The van der Waals surface area contributed by atoms with Gasteiger partial charge in [0.2, 0.25) is 0 Å². The molecule has 2 heteroatoms. The van der Waals surface area contributed by atoms with Gasteiger partial charge in [-0.1, -0.05) is 30.3 Å². The third kappa shape index (κ3) is 3.38. The molecule has 20 heavy (non-hydrogen) atoms. The van der Waals surface area contributed by atoms with Gasteiger partial charge in [0.15, 0.2) is 5.78 Å². The first kappa shape index (κ1) is 13.2. The van der Waals surface area contributed by atoms with E-state index in [0.29, 0.717) is 11.7 Å². The van der Waals surface area contributed by atoms with Crippen molar-refractivity contribution in [1.29, 1.82) is 0 Å². The number of carbonyl (C=O) groups excluding carboxylic acids is 1. The Hall–Kier alpha value is -1.83. The maximum absolute atomic E-state index is 11.9. The normalized spacial score (nSPS) is 14.4. The molecule has 0 N–H and O–H groups in total. The topological polar surface area (TPSA) is 22.0 Å². The van der Waals surface area contributed by atoms with Crippen LogP contribution in [-0.2, 0) is 13.0 Å². The van der Waals surface area contributed by atoms with E-state index in [1.807, 2.05) is 18.5 Å². The van der Waals surface area contributed by atoms with Crippen LogP contribution in [0.4, 0.5) is 0 Å². The second-order valence-electron chi connectivity index (χ2n) is 5.72. The summed E-state index contributed by atoms with van der Waals surface area (Å²) in [6.45, 7) is 1.00. The summed E-state index contributed by atoms with van der Waals surface area (Å²) in [6.07, 6.45) is 9.70. The van der Waals surface area contributed by atoms with Gasteiger partial charge in [0, 0.05) is 30.4 Å². The van der Waals surface area contributed by atoms with Crippen LogP contribution in [-0.4, -0.2) is 10.4 Å². The first-order chi connectivity index (χ1) is 9.83. The number of unbranched alkanes of at least 4 members (excludes halogenated alkanes) is 1. The van der Waals surface area contributed by atoms with Crippen LogP contribution in [0.3, 0.4) is 0 Å². The summed E-state index contributed by atoms with van der Waals surface area (Å²) in [5.74, 6) is 0.664. The van der Waals surface area contributed by atoms with E-state index >= 15 is 0 Å². The summed E-state index contributed by atoms with van der Waals surface area (Å²) < 4.78 is 2.15. The third-order valence-corrected chi connectivity index (χ3v) is 3.96. The Kier molecular flexibility index (Phi) is 4.00. The molecule has 0 saturated heterocycles. The molecule has 1 saturated carbocycles. The Morgan fingerprint density at radius 2 is 1.90 bits per heavy atom. The molecule has 2 aromatic rings. The molecule has 0 unspecified atom stereocenters. The van der Waals surface area contributed by atoms with Crippen LogP contribution in [0.25, 0.3) is 0 Å². The fourth-order valence-corrected chi connectivity index (χ4v) is 2.57. The lowest BCUT2D eigenvalue weighted by Gasteiger charge is -2.03. The van der Waals surface area contributed by atoms with E-state index < -0.39 is 0 Å². The minimum Gasteiger partial charge on any atom is -0.354 e. The van der Waals surface area contributed by atoms with Crippen molar-refractivity contribution in [2.75, 3.05) is 0 Å². The second kappa shape index (κ2) is 6.08. The number of carbonyl (C=O) groups is 1. The molecule has 104 valence electrons. The summed E-state index contributed by atoms with van der Waals surface area (Å²) in [4.78, 5) is 11.9. The zero-order chi connectivity index (χ0) is 13.8. The average Bonchev–Trinajstić information content (AvgIpc) is 3.23. The van der Waals surface area contributed by atoms with Gasteiger partial charge < -0.3 is 4.57 Å². The molecule has 1 fully saturated rings. The maximum Gasteiger partial charge on any atom is 0.167 e. The van der Waals surface area contributed by atoms with Gasteiger partial charge in [0.25, 0.3) is 0 Å². The number of hydrogen-bond acceptors (Lipinski definition) is 1. The second-order valence-corrected chi connectivity index (χ2v) is 5.72. The van der Waals surface area contributed by atoms with Crippen molar-refractivity contribution in [2.45, 2.75) is 38.6 Å². The van der Waals surface area contributed by atoms with Crippen LogP contribution in [0.5, 0.6) is 0 Å². The molecule has 0 bridgehead atoms. The van der Waals surface area contributed by atoms with Crippen molar-refractivity contribution in [3.05, 3.63) is 59.9 Å². The predicted octanol–water partition coefficient (Wildman–Crippen LogP) is 4.10. The highest BCUT2D eigenvalue weighted by Gasteiger charge is 2.30. The van der Waals surface area contributed by atoms with Gasteiger partial charge in [0.1, 0.15) is 0 Å². The fraction of sp³-hybridized carbons (Fsp3) is 0.389.